The first-order valence-electron chi connectivity index (χ1n) is 6.77. The Morgan fingerprint density at radius 1 is 1.15 bits per heavy atom. The summed E-state index contributed by atoms with van der Waals surface area (Å²) < 4.78 is 50.0. The van der Waals surface area contributed by atoms with E-state index in [1.54, 1.807) is 6.07 Å². The highest BCUT2D eigenvalue weighted by atomic mass is 79.9. The van der Waals surface area contributed by atoms with Crippen LogP contribution in [0.2, 0.25) is 0 Å². The van der Waals surface area contributed by atoms with Crippen molar-refractivity contribution in [3.05, 3.63) is 27.1 Å². The van der Waals surface area contributed by atoms with E-state index in [-0.39, 0.29) is 9.37 Å². The zero-order valence-corrected chi connectivity index (χ0v) is 19.6. The second-order valence-electron chi connectivity index (χ2n) is 5.46. The van der Waals surface area contributed by atoms with Crippen molar-refractivity contribution in [3.8, 4) is 0 Å². The number of hydrogen-bond acceptors (Lipinski definition) is 5. The first-order chi connectivity index (χ1) is 11.7. The van der Waals surface area contributed by atoms with Crippen LogP contribution in [-0.2, 0) is 24.7 Å². The van der Waals surface area contributed by atoms with Gasteiger partial charge in [0.1, 0.15) is 0 Å². The van der Waals surface area contributed by atoms with Crippen molar-refractivity contribution < 1.29 is 21.6 Å². The molecule has 0 saturated carbocycles. The number of amides is 1. The molecule has 0 aliphatic carbocycles. The number of hydrogen-bond donors (Lipinski definition) is 2. The van der Waals surface area contributed by atoms with Crippen LogP contribution in [0.1, 0.15) is 0 Å². The highest BCUT2D eigenvalue weighted by molar-refractivity contribution is 9.11. The molecular formula is C12H11Br2Cl3N2O5S2. The Balaban J connectivity index is 2.30. The molecule has 1 aromatic rings. The molecule has 1 saturated heterocycles. The predicted molar refractivity (Wildman–Crippen MR) is 107 cm³/mol. The maximum absolute atomic E-state index is 12.7. The molecule has 2 N–H and O–H groups in total. The monoisotopic (exact) mass is 590 g/mol. The lowest BCUT2D eigenvalue weighted by Crippen LogP contribution is -2.53. The van der Waals surface area contributed by atoms with E-state index < -0.39 is 53.1 Å². The largest absolute Gasteiger partial charge is 0.347 e. The Morgan fingerprint density at radius 3 is 2.31 bits per heavy atom. The van der Waals surface area contributed by atoms with E-state index in [9.17, 15) is 21.6 Å². The smallest absolute Gasteiger partial charge is 0.272 e. The number of sulfonamides is 1. The topological polar surface area (TPSA) is 109 Å². The summed E-state index contributed by atoms with van der Waals surface area (Å²) in [6.45, 7) is 0. The van der Waals surface area contributed by atoms with Crippen LogP contribution in [0.15, 0.2) is 32.0 Å². The van der Waals surface area contributed by atoms with E-state index in [1.807, 2.05) is 0 Å². The van der Waals surface area contributed by atoms with Crippen molar-refractivity contribution in [1.82, 2.24) is 10.0 Å². The molecule has 14 heteroatoms. The fourth-order valence-electron chi connectivity index (χ4n) is 2.30. The summed E-state index contributed by atoms with van der Waals surface area (Å²) in [7, 11) is -7.69. The van der Waals surface area contributed by atoms with Crippen molar-refractivity contribution in [3.63, 3.8) is 0 Å². The minimum Gasteiger partial charge on any atom is -0.347 e. The number of alkyl halides is 3. The molecule has 1 fully saturated rings. The molecule has 146 valence electrons. The van der Waals surface area contributed by atoms with Gasteiger partial charge in [-0.1, -0.05) is 50.7 Å². The van der Waals surface area contributed by atoms with E-state index in [4.69, 9.17) is 34.8 Å². The Kier molecular flexibility index (Phi) is 6.99. The van der Waals surface area contributed by atoms with Gasteiger partial charge in [-0.3, -0.25) is 4.79 Å². The lowest BCUT2D eigenvalue weighted by Gasteiger charge is -2.22. The number of halogens is 5. The third kappa shape index (κ3) is 5.69. The number of benzene rings is 1. The number of carbonyl (C=O) groups excluding carboxylic acids is 1. The average molecular weight is 594 g/mol. The first-order valence-corrected chi connectivity index (χ1v) is 12.8. The standard InChI is InChI=1S/C12H11Br2Cl3N2O5S2/c13-6-1-2-7(14)10(3-6)26(23,24)19-9-5-25(21,22)4-8(9)18-11(20)12(15,16)17/h1-3,8-9,19H,4-5H2,(H,18,20)/t8-,9+/m0/s1. The quantitative estimate of drug-likeness (QED) is 0.521. The summed E-state index contributed by atoms with van der Waals surface area (Å²) in [6.07, 6.45) is 0. The van der Waals surface area contributed by atoms with E-state index in [1.165, 1.54) is 12.1 Å². The van der Waals surface area contributed by atoms with Crippen LogP contribution in [0.5, 0.6) is 0 Å². The molecule has 0 radical (unpaired) electrons. The fraction of sp³-hybridized carbons (Fsp3) is 0.417. The highest BCUT2D eigenvalue weighted by Gasteiger charge is 2.43. The number of carbonyl (C=O) groups is 1. The van der Waals surface area contributed by atoms with Crippen LogP contribution in [0.3, 0.4) is 0 Å². The predicted octanol–water partition coefficient (Wildman–Crippen LogP) is 2.14. The minimum absolute atomic E-state index is 0.0948. The second kappa shape index (κ2) is 8.02. The van der Waals surface area contributed by atoms with Crippen molar-refractivity contribution in [2.75, 3.05) is 11.5 Å². The van der Waals surface area contributed by atoms with Crippen LogP contribution in [0, 0.1) is 0 Å². The number of sulfone groups is 1. The maximum Gasteiger partial charge on any atom is 0.272 e. The Labute approximate surface area is 182 Å². The summed E-state index contributed by atoms with van der Waals surface area (Å²) in [6, 6.07) is 2.31. The van der Waals surface area contributed by atoms with E-state index in [0.717, 1.165) is 0 Å². The molecule has 0 unspecified atom stereocenters. The van der Waals surface area contributed by atoms with Gasteiger partial charge in [-0.05, 0) is 34.1 Å². The van der Waals surface area contributed by atoms with Gasteiger partial charge in [0.15, 0.2) is 9.84 Å². The van der Waals surface area contributed by atoms with Crippen LogP contribution >= 0.6 is 66.7 Å². The zero-order valence-electron chi connectivity index (χ0n) is 12.5. The van der Waals surface area contributed by atoms with Crippen LogP contribution in [0.4, 0.5) is 0 Å². The summed E-state index contributed by atoms with van der Waals surface area (Å²) in [5, 5.41) is 2.26. The summed E-state index contributed by atoms with van der Waals surface area (Å²) in [5.74, 6) is -2.02. The van der Waals surface area contributed by atoms with Gasteiger partial charge in [0.25, 0.3) is 9.70 Å². The third-order valence-corrected chi connectivity index (χ3v) is 8.64. The summed E-state index contributed by atoms with van der Waals surface area (Å²) in [5.41, 5.74) is 0. The molecule has 1 amide bonds. The Bertz CT molecular complexity index is 935. The van der Waals surface area contributed by atoms with Crippen molar-refractivity contribution in [1.29, 1.82) is 0 Å². The summed E-state index contributed by atoms with van der Waals surface area (Å²) in [4.78, 5) is 11.7. The van der Waals surface area contributed by atoms with E-state index in [0.29, 0.717) is 4.47 Å². The molecular weight excluding hydrogens is 582 g/mol. The van der Waals surface area contributed by atoms with E-state index >= 15 is 0 Å². The van der Waals surface area contributed by atoms with Crippen molar-refractivity contribution >= 4 is 92.4 Å². The molecule has 1 aliphatic rings. The van der Waals surface area contributed by atoms with Crippen molar-refractivity contribution in [2.24, 2.45) is 0 Å². The van der Waals surface area contributed by atoms with Gasteiger partial charge in [-0.2, -0.15) is 0 Å². The molecule has 1 aromatic carbocycles. The minimum atomic E-state index is -4.09. The third-order valence-electron chi connectivity index (χ3n) is 3.42. The van der Waals surface area contributed by atoms with Crippen LogP contribution in [0.25, 0.3) is 0 Å². The van der Waals surface area contributed by atoms with Gasteiger partial charge in [-0.15, -0.1) is 0 Å². The molecule has 26 heavy (non-hydrogen) atoms. The first kappa shape index (κ1) is 22.7. The maximum atomic E-state index is 12.7. The van der Waals surface area contributed by atoms with Gasteiger partial charge < -0.3 is 5.32 Å². The van der Waals surface area contributed by atoms with Crippen LogP contribution < -0.4 is 10.0 Å². The Morgan fingerprint density at radius 2 is 1.73 bits per heavy atom. The summed E-state index contributed by atoms with van der Waals surface area (Å²) >= 11 is 22.7. The second-order valence-corrected chi connectivity index (χ2v) is 13.3. The molecule has 0 spiro atoms. The van der Waals surface area contributed by atoms with Gasteiger partial charge in [-0.25, -0.2) is 21.6 Å². The lowest BCUT2D eigenvalue weighted by atomic mass is 10.2. The highest BCUT2D eigenvalue weighted by Crippen LogP contribution is 2.28. The number of rotatable bonds is 4. The molecule has 1 aliphatic heterocycles. The molecule has 2 rings (SSSR count). The van der Waals surface area contributed by atoms with Gasteiger partial charge >= 0.3 is 0 Å². The lowest BCUT2D eigenvalue weighted by molar-refractivity contribution is -0.120. The van der Waals surface area contributed by atoms with Gasteiger partial charge in [0.05, 0.1) is 28.5 Å². The Hall–Kier alpha value is 0.380. The molecule has 0 aromatic heterocycles. The normalized spacial score (nSPS) is 23.0. The van der Waals surface area contributed by atoms with Crippen molar-refractivity contribution in [2.45, 2.75) is 20.8 Å². The molecule has 1 heterocycles. The molecule has 0 bridgehead atoms. The zero-order chi connectivity index (χ0) is 19.9. The average Bonchev–Trinajstić information content (AvgIpc) is 2.73. The van der Waals surface area contributed by atoms with Gasteiger partial charge in [0.2, 0.25) is 10.0 Å². The SMILES string of the molecule is O=C(N[C@H]1CS(=O)(=O)C[C@H]1NS(=O)(=O)c1cc(Br)ccc1Br)C(Cl)(Cl)Cl. The molecule has 7 nitrogen and oxygen atoms in total. The number of nitrogens with one attached hydrogen (secondary N) is 2. The van der Waals surface area contributed by atoms with Crippen LogP contribution in [-0.4, -0.2) is 50.1 Å². The fourth-order valence-corrected chi connectivity index (χ4v) is 7.21. The van der Waals surface area contributed by atoms with E-state index in [2.05, 4.69) is 41.9 Å². The molecule has 2 atom stereocenters. The van der Waals surface area contributed by atoms with Gasteiger partial charge in [0, 0.05) is 8.95 Å².